The average Bonchev–Trinajstić information content (AvgIpc) is 2.53. The van der Waals surface area contributed by atoms with E-state index in [1.807, 2.05) is 42.5 Å². The van der Waals surface area contributed by atoms with Crippen molar-refractivity contribution in [2.45, 2.75) is 12.3 Å². The molecule has 0 fully saturated rings. The first-order valence-electron chi connectivity index (χ1n) is 6.72. The van der Waals surface area contributed by atoms with Gasteiger partial charge in [-0.3, -0.25) is 0 Å². The molecule has 106 valence electrons. The van der Waals surface area contributed by atoms with E-state index in [9.17, 15) is 0 Å². The van der Waals surface area contributed by atoms with Gasteiger partial charge in [0.25, 0.3) is 0 Å². The predicted octanol–water partition coefficient (Wildman–Crippen LogP) is 4.49. The largest absolute Gasteiger partial charge is 0.493 e. The lowest BCUT2D eigenvalue weighted by atomic mass is 9.98. The number of ether oxygens (including phenoxy) is 2. The highest BCUT2D eigenvalue weighted by molar-refractivity contribution is 6.18. The van der Waals surface area contributed by atoms with E-state index < -0.39 is 0 Å². The molecule has 0 aliphatic carbocycles. The van der Waals surface area contributed by atoms with E-state index in [4.69, 9.17) is 21.1 Å². The molecule has 0 spiro atoms. The Hall–Kier alpha value is -1.67. The van der Waals surface area contributed by atoms with E-state index in [2.05, 4.69) is 12.1 Å². The summed E-state index contributed by atoms with van der Waals surface area (Å²) >= 11 is 6.06. The molecule has 1 unspecified atom stereocenters. The first-order valence-corrected chi connectivity index (χ1v) is 7.25. The number of hydrogen-bond acceptors (Lipinski definition) is 2. The molecular formula is C17H19ClO2. The van der Waals surface area contributed by atoms with Crippen LogP contribution in [0.1, 0.15) is 17.9 Å². The summed E-state index contributed by atoms with van der Waals surface area (Å²) in [6, 6.07) is 18.0. The molecule has 0 aromatic heterocycles. The zero-order valence-electron chi connectivity index (χ0n) is 11.6. The van der Waals surface area contributed by atoms with Crippen LogP contribution >= 0.6 is 11.6 Å². The van der Waals surface area contributed by atoms with Crippen molar-refractivity contribution in [2.75, 3.05) is 19.6 Å². The van der Waals surface area contributed by atoms with Crippen molar-refractivity contribution in [1.29, 1.82) is 0 Å². The highest BCUT2D eigenvalue weighted by atomic mass is 35.5. The van der Waals surface area contributed by atoms with Crippen LogP contribution in [0.2, 0.25) is 0 Å². The SMILES string of the molecule is COc1ccccc1OCCC(CCl)c1ccccc1. The maximum Gasteiger partial charge on any atom is 0.161 e. The van der Waals surface area contributed by atoms with Crippen LogP contribution in [0.15, 0.2) is 54.6 Å². The van der Waals surface area contributed by atoms with Crippen LogP contribution < -0.4 is 9.47 Å². The van der Waals surface area contributed by atoms with Gasteiger partial charge in [0.1, 0.15) is 0 Å². The molecule has 0 heterocycles. The van der Waals surface area contributed by atoms with Gasteiger partial charge in [-0.1, -0.05) is 42.5 Å². The summed E-state index contributed by atoms with van der Waals surface area (Å²) in [5.41, 5.74) is 1.26. The number of alkyl halides is 1. The lowest BCUT2D eigenvalue weighted by Crippen LogP contribution is -2.07. The molecule has 0 aliphatic heterocycles. The topological polar surface area (TPSA) is 18.5 Å². The van der Waals surface area contributed by atoms with E-state index in [1.165, 1.54) is 5.56 Å². The summed E-state index contributed by atoms with van der Waals surface area (Å²) in [6.45, 7) is 0.618. The molecule has 0 N–H and O–H groups in total. The molecule has 0 bridgehead atoms. The van der Waals surface area contributed by atoms with Crippen molar-refractivity contribution < 1.29 is 9.47 Å². The lowest BCUT2D eigenvalue weighted by molar-refractivity contribution is 0.282. The van der Waals surface area contributed by atoms with Gasteiger partial charge in [0.15, 0.2) is 11.5 Å². The lowest BCUT2D eigenvalue weighted by Gasteiger charge is -2.15. The summed E-state index contributed by atoms with van der Waals surface area (Å²) in [4.78, 5) is 0. The molecule has 1 atom stereocenters. The van der Waals surface area contributed by atoms with Crippen molar-refractivity contribution >= 4 is 11.6 Å². The molecule has 0 radical (unpaired) electrons. The Kier molecular flexibility index (Phi) is 5.75. The molecule has 2 rings (SSSR count). The highest BCUT2D eigenvalue weighted by Gasteiger charge is 2.11. The summed E-state index contributed by atoms with van der Waals surface area (Å²) < 4.78 is 11.1. The van der Waals surface area contributed by atoms with Gasteiger partial charge in [-0.15, -0.1) is 11.6 Å². The number of methoxy groups -OCH3 is 1. The maximum absolute atomic E-state index is 6.06. The van der Waals surface area contributed by atoms with Crippen molar-refractivity contribution in [3.8, 4) is 11.5 Å². The van der Waals surface area contributed by atoms with E-state index >= 15 is 0 Å². The quantitative estimate of drug-likeness (QED) is 0.700. The van der Waals surface area contributed by atoms with E-state index in [0.717, 1.165) is 17.9 Å². The van der Waals surface area contributed by atoms with Crippen molar-refractivity contribution in [2.24, 2.45) is 0 Å². The minimum atomic E-state index is 0.313. The average molecular weight is 291 g/mol. The van der Waals surface area contributed by atoms with Crippen LogP contribution in [-0.2, 0) is 0 Å². The number of rotatable bonds is 7. The Morgan fingerprint density at radius 2 is 1.60 bits per heavy atom. The summed E-state index contributed by atoms with van der Waals surface area (Å²) in [6.07, 6.45) is 0.881. The van der Waals surface area contributed by atoms with E-state index in [-0.39, 0.29) is 0 Å². The van der Waals surface area contributed by atoms with Gasteiger partial charge in [-0.05, 0) is 24.1 Å². The van der Waals surface area contributed by atoms with Crippen LogP contribution in [0, 0.1) is 0 Å². The third-order valence-electron chi connectivity index (χ3n) is 3.25. The number of benzene rings is 2. The Morgan fingerprint density at radius 3 is 2.25 bits per heavy atom. The fourth-order valence-corrected chi connectivity index (χ4v) is 2.44. The first-order chi connectivity index (χ1) is 9.85. The molecule has 2 aromatic rings. The summed E-state index contributed by atoms with van der Waals surface area (Å²) in [5, 5.41) is 0. The predicted molar refractivity (Wildman–Crippen MR) is 83.0 cm³/mol. The van der Waals surface area contributed by atoms with Crippen LogP contribution in [0.5, 0.6) is 11.5 Å². The second-order valence-corrected chi connectivity index (χ2v) is 4.86. The molecule has 0 saturated carbocycles. The molecule has 0 amide bonds. The van der Waals surface area contributed by atoms with Crippen molar-refractivity contribution in [3.05, 3.63) is 60.2 Å². The van der Waals surface area contributed by atoms with Crippen molar-refractivity contribution in [1.82, 2.24) is 0 Å². The fourth-order valence-electron chi connectivity index (χ4n) is 2.11. The Bertz CT molecular complexity index is 513. The zero-order valence-corrected chi connectivity index (χ0v) is 12.3. The molecular weight excluding hydrogens is 272 g/mol. The van der Waals surface area contributed by atoms with Crippen LogP contribution in [0.25, 0.3) is 0 Å². The Morgan fingerprint density at radius 1 is 0.950 bits per heavy atom. The first kappa shape index (κ1) is 14.7. The van der Waals surface area contributed by atoms with Crippen molar-refractivity contribution in [3.63, 3.8) is 0 Å². The smallest absolute Gasteiger partial charge is 0.161 e. The second-order valence-electron chi connectivity index (χ2n) is 4.55. The molecule has 2 nitrogen and oxygen atoms in total. The van der Waals surface area contributed by atoms with E-state index in [1.54, 1.807) is 7.11 Å². The van der Waals surface area contributed by atoms with Gasteiger partial charge in [0, 0.05) is 11.8 Å². The fraction of sp³-hybridized carbons (Fsp3) is 0.294. The van der Waals surface area contributed by atoms with Gasteiger partial charge in [-0.2, -0.15) is 0 Å². The standard InChI is InChI=1S/C17H19ClO2/c1-19-16-9-5-6-10-17(16)20-12-11-15(13-18)14-7-3-2-4-8-14/h2-10,15H,11-13H2,1H3. The highest BCUT2D eigenvalue weighted by Crippen LogP contribution is 2.27. The monoisotopic (exact) mass is 290 g/mol. The third-order valence-corrected chi connectivity index (χ3v) is 3.62. The molecule has 0 saturated heterocycles. The van der Waals surface area contributed by atoms with E-state index in [0.29, 0.717) is 18.4 Å². The molecule has 0 aliphatic rings. The molecule has 3 heteroatoms. The number of halogens is 1. The second kappa shape index (κ2) is 7.81. The van der Waals surface area contributed by atoms with Crippen LogP contribution in [0.4, 0.5) is 0 Å². The molecule has 2 aromatic carbocycles. The normalized spacial score (nSPS) is 11.9. The van der Waals surface area contributed by atoms with Gasteiger partial charge < -0.3 is 9.47 Å². The third kappa shape index (κ3) is 3.91. The van der Waals surface area contributed by atoms with Gasteiger partial charge in [-0.25, -0.2) is 0 Å². The van der Waals surface area contributed by atoms with Gasteiger partial charge in [0.05, 0.1) is 13.7 Å². The minimum Gasteiger partial charge on any atom is -0.493 e. The Labute approximate surface area is 125 Å². The summed E-state index contributed by atoms with van der Waals surface area (Å²) in [7, 11) is 1.65. The van der Waals surface area contributed by atoms with Gasteiger partial charge >= 0.3 is 0 Å². The minimum absolute atomic E-state index is 0.313. The van der Waals surface area contributed by atoms with Gasteiger partial charge in [0.2, 0.25) is 0 Å². The summed E-state index contributed by atoms with van der Waals surface area (Å²) in [5.74, 6) is 2.44. The van der Waals surface area contributed by atoms with Crippen LogP contribution in [0.3, 0.4) is 0 Å². The number of para-hydroxylation sites is 2. The maximum atomic E-state index is 6.06. The zero-order chi connectivity index (χ0) is 14.2. The Balaban J connectivity index is 1.91. The molecule has 20 heavy (non-hydrogen) atoms. The number of hydrogen-bond donors (Lipinski definition) is 0. The van der Waals surface area contributed by atoms with Crippen LogP contribution in [-0.4, -0.2) is 19.6 Å².